The summed E-state index contributed by atoms with van der Waals surface area (Å²) in [7, 11) is 0. The van der Waals surface area contributed by atoms with Crippen molar-refractivity contribution in [1.82, 2.24) is 5.32 Å². The van der Waals surface area contributed by atoms with Gasteiger partial charge in [-0.15, -0.1) is 11.3 Å². The molecule has 3 heteroatoms. The van der Waals surface area contributed by atoms with Gasteiger partial charge in [-0.2, -0.15) is 0 Å². The third-order valence-corrected chi connectivity index (χ3v) is 5.86. The lowest BCUT2D eigenvalue weighted by molar-refractivity contribution is 0.0951. The molecule has 0 atom stereocenters. The SMILES string of the molecule is CCc1ccc(-c2ccc(C(=O)NCc3csc4ccccc34)cc2)cc1. The van der Waals surface area contributed by atoms with E-state index in [0.29, 0.717) is 12.1 Å². The van der Waals surface area contributed by atoms with Gasteiger partial charge in [0.25, 0.3) is 5.91 Å². The van der Waals surface area contributed by atoms with Gasteiger partial charge in [0.05, 0.1) is 0 Å². The molecule has 0 bridgehead atoms. The quantitative estimate of drug-likeness (QED) is 0.454. The second-order valence-corrected chi connectivity index (χ2v) is 7.48. The van der Waals surface area contributed by atoms with Crippen molar-refractivity contribution in [2.24, 2.45) is 0 Å². The van der Waals surface area contributed by atoms with Gasteiger partial charge in [-0.3, -0.25) is 4.79 Å². The van der Waals surface area contributed by atoms with E-state index in [1.807, 2.05) is 36.4 Å². The molecular weight excluding hydrogens is 350 g/mol. The standard InChI is InChI=1S/C24H21NOS/c1-2-17-7-9-18(10-8-17)19-11-13-20(14-12-19)24(26)25-15-21-16-27-23-6-4-3-5-22(21)23/h3-14,16H,2,15H2,1H3,(H,25,26). The minimum absolute atomic E-state index is 0.0434. The summed E-state index contributed by atoms with van der Waals surface area (Å²) in [4.78, 5) is 12.5. The van der Waals surface area contributed by atoms with Gasteiger partial charge in [-0.25, -0.2) is 0 Å². The summed E-state index contributed by atoms with van der Waals surface area (Å²) in [5, 5.41) is 6.37. The van der Waals surface area contributed by atoms with E-state index in [9.17, 15) is 4.79 Å². The zero-order valence-electron chi connectivity index (χ0n) is 15.2. The average Bonchev–Trinajstić information content (AvgIpc) is 3.15. The molecule has 4 aromatic rings. The van der Waals surface area contributed by atoms with Crippen molar-refractivity contribution in [2.75, 3.05) is 0 Å². The Morgan fingerprint density at radius 3 is 2.26 bits per heavy atom. The van der Waals surface area contributed by atoms with Crippen molar-refractivity contribution in [3.05, 3.63) is 94.9 Å². The monoisotopic (exact) mass is 371 g/mol. The van der Waals surface area contributed by atoms with Crippen LogP contribution in [0.5, 0.6) is 0 Å². The summed E-state index contributed by atoms with van der Waals surface area (Å²) in [5.41, 5.74) is 5.47. The first-order valence-electron chi connectivity index (χ1n) is 9.17. The summed E-state index contributed by atoms with van der Waals surface area (Å²) in [6, 6.07) is 24.7. The molecule has 1 N–H and O–H groups in total. The molecule has 134 valence electrons. The number of carbonyl (C=O) groups excluding carboxylic acids is 1. The molecule has 2 nitrogen and oxygen atoms in total. The number of benzene rings is 3. The minimum atomic E-state index is -0.0434. The molecule has 1 amide bonds. The molecule has 0 saturated heterocycles. The highest BCUT2D eigenvalue weighted by Crippen LogP contribution is 2.25. The summed E-state index contributed by atoms with van der Waals surface area (Å²) < 4.78 is 1.25. The number of fused-ring (bicyclic) bond motifs is 1. The molecule has 0 unspecified atom stereocenters. The number of hydrogen-bond donors (Lipinski definition) is 1. The lowest BCUT2D eigenvalue weighted by atomic mass is 10.0. The molecule has 0 fully saturated rings. The number of thiophene rings is 1. The van der Waals surface area contributed by atoms with Crippen LogP contribution in [-0.2, 0) is 13.0 Å². The molecule has 0 radical (unpaired) electrons. The van der Waals surface area contributed by atoms with E-state index >= 15 is 0 Å². The normalized spacial score (nSPS) is 10.9. The summed E-state index contributed by atoms with van der Waals surface area (Å²) in [5.74, 6) is -0.0434. The third kappa shape index (κ3) is 3.79. The zero-order valence-corrected chi connectivity index (χ0v) is 16.1. The molecule has 0 spiro atoms. The van der Waals surface area contributed by atoms with E-state index in [1.54, 1.807) is 11.3 Å². The molecule has 1 heterocycles. The van der Waals surface area contributed by atoms with Crippen LogP contribution in [0.25, 0.3) is 21.2 Å². The predicted molar refractivity (Wildman–Crippen MR) is 114 cm³/mol. The summed E-state index contributed by atoms with van der Waals surface area (Å²) >= 11 is 1.71. The maximum Gasteiger partial charge on any atom is 0.251 e. The Morgan fingerprint density at radius 1 is 0.889 bits per heavy atom. The molecule has 0 aliphatic carbocycles. The number of carbonyl (C=O) groups is 1. The Labute approximate surface area is 163 Å². The first-order chi connectivity index (χ1) is 13.2. The zero-order chi connectivity index (χ0) is 18.6. The van der Waals surface area contributed by atoms with E-state index in [1.165, 1.54) is 21.2 Å². The third-order valence-electron chi connectivity index (χ3n) is 4.84. The van der Waals surface area contributed by atoms with Crippen LogP contribution in [0.1, 0.15) is 28.4 Å². The van der Waals surface area contributed by atoms with E-state index in [4.69, 9.17) is 0 Å². The molecule has 0 saturated carbocycles. The lowest BCUT2D eigenvalue weighted by Crippen LogP contribution is -2.22. The maximum atomic E-state index is 12.5. The Hall–Kier alpha value is -2.91. The fourth-order valence-corrected chi connectivity index (χ4v) is 4.16. The van der Waals surface area contributed by atoms with Gasteiger partial charge in [-0.05, 0) is 57.6 Å². The average molecular weight is 372 g/mol. The smallest absolute Gasteiger partial charge is 0.251 e. The van der Waals surface area contributed by atoms with Gasteiger partial charge in [0.15, 0.2) is 0 Å². The number of aryl methyl sites for hydroxylation is 1. The second-order valence-electron chi connectivity index (χ2n) is 6.57. The number of nitrogens with one attached hydrogen (secondary N) is 1. The molecule has 0 aliphatic rings. The van der Waals surface area contributed by atoms with Gasteiger partial charge in [0.2, 0.25) is 0 Å². The van der Waals surface area contributed by atoms with Crippen LogP contribution < -0.4 is 5.32 Å². The van der Waals surface area contributed by atoms with Crippen LogP contribution in [0.3, 0.4) is 0 Å². The number of hydrogen-bond acceptors (Lipinski definition) is 2. The lowest BCUT2D eigenvalue weighted by Gasteiger charge is -2.07. The Morgan fingerprint density at radius 2 is 1.56 bits per heavy atom. The van der Waals surface area contributed by atoms with Gasteiger partial charge in [0, 0.05) is 16.8 Å². The fourth-order valence-electron chi connectivity index (χ4n) is 3.19. The van der Waals surface area contributed by atoms with Crippen LogP contribution in [0.15, 0.2) is 78.2 Å². The van der Waals surface area contributed by atoms with Crippen molar-refractivity contribution in [3.8, 4) is 11.1 Å². The molecule has 1 aromatic heterocycles. The summed E-state index contributed by atoms with van der Waals surface area (Å²) in [6.07, 6.45) is 1.04. The van der Waals surface area contributed by atoms with Crippen LogP contribution in [-0.4, -0.2) is 5.91 Å². The Kier molecular flexibility index (Phi) is 5.03. The molecule has 27 heavy (non-hydrogen) atoms. The summed E-state index contributed by atoms with van der Waals surface area (Å²) in [6.45, 7) is 2.70. The van der Waals surface area contributed by atoms with E-state index in [-0.39, 0.29) is 5.91 Å². The van der Waals surface area contributed by atoms with E-state index in [0.717, 1.165) is 17.5 Å². The van der Waals surface area contributed by atoms with Crippen molar-refractivity contribution in [3.63, 3.8) is 0 Å². The Balaban J connectivity index is 1.44. The van der Waals surface area contributed by atoms with Gasteiger partial charge >= 0.3 is 0 Å². The van der Waals surface area contributed by atoms with Gasteiger partial charge in [0.1, 0.15) is 0 Å². The van der Waals surface area contributed by atoms with Crippen LogP contribution in [0, 0.1) is 0 Å². The highest BCUT2D eigenvalue weighted by atomic mass is 32.1. The topological polar surface area (TPSA) is 29.1 Å². The van der Waals surface area contributed by atoms with E-state index in [2.05, 4.69) is 54.0 Å². The molecule has 0 aliphatic heterocycles. The molecule has 4 rings (SSSR count). The van der Waals surface area contributed by atoms with Crippen LogP contribution in [0.2, 0.25) is 0 Å². The largest absolute Gasteiger partial charge is 0.348 e. The predicted octanol–water partition coefficient (Wildman–Crippen LogP) is 6.06. The highest BCUT2D eigenvalue weighted by Gasteiger charge is 2.08. The Bertz CT molecular complexity index is 1060. The van der Waals surface area contributed by atoms with Crippen molar-refractivity contribution in [2.45, 2.75) is 19.9 Å². The van der Waals surface area contributed by atoms with Crippen LogP contribution in [0.4, 0.5) is 0 Å². The molecule has 3 aromatic carbocycles. The number of rotatable bonds is 5. The van der Waals surface area contributed by atoms with Crippen molar-refractivity contribution in [1.29, 1.82) is 0 Å². The maximum absolute atomic E-state index is 12.5. The van der Waals surface area contributed by atoms with E-state index < -0.39 is 0 Å². The van der Waals surface area contributed by atoms with Crippen molar-refractivity contribution >= 4 is 27.3 Å². The minimum Gasteiger partial charge on any atom is -0.348 e. The van der Waals surface area contributed by atoms with Gasteiger partial charge < -0.3 is 5.32 Å². The van der Waals surface area contributed by atoms with Gasteiger partial charge in [-0.1, -0.05) is 61.5 Å². The van der Waals surface area contributed by atoms with Crippen LogP contribution >= 0.6 is 11.3 Å². The highest BCUT2D eigenvalue weighted by molar-refractivity contribution is 7.17. The second kappa shape index (κ2) is 7.77. The van der Waals surface area contributed by atoms with Crippen molar-refractivity contribution < 1.29 is 4.79 Å². The fraction of sp³-hybridized carbons (Fsp3) is 0.125. The number of amides is 1. The molecular formula is C24H21NOS. The first-order valence-corrected chi connectivity index (χ1v) is 10.1. The first kappa shape index (κ1) is 17.5.